The molecule has 18 heavy (non-hydrogen) atoms. The van der Waals surface area contributed by atoms with Crippen molar-refractivity contribution in [2.24, 2.45) is 0 Å². The Bertz CT molecular complexity index is 380. The second-order valence-electron chi connectivity index (χ2n) is 1.82. The Kier molecular flexibility index (Phi) is 11.1. The smallest absolute Gasteiger partial charge is 0.741 e. The molecule has 0 atom stereocenters. The van der Waals surface area contributed by atoms with Crippen LogP contribution in [0.1, 0.15) is 0 Å². The zero-order chi connectivity index (χ0) is 14.0. The second-order valence-corrected chi connectivity index (χ2v) is 4.60. The molecule has 0 fully saturated rings. The molecule has 0 aromatic carbocycles. The Morgan fingerprint density at radius 2 is 0.944 bits per heavy atom. The van der Waals surface area contributed by atoms with Crippen LogP contribution in [-0.4, -0.2) is 37.0 Å². The zero-order valence-electron chi connectivity index (χ0n) is 8.28. The normalized spacial score (nSPS) is 12.4. The molecule has 0 aliphatic heterocycles. The molecule has 0 spiro atoms. The third-order valence-electron chi connectivity index (χ3n) is 0.576. The molecule has 0 aliphatic rings. The van der Waals surface area contributed by atoms with Crippen molar-refractivity contribution in [2.45, 2.75) is 11.0 Å². The van der Waals surface area contributed by atoms with Gasteiger partial charge < -0.3 is 10.7 Å². The van der Waals surface area contributed by atoms with Crippen LogP contribution in [0.5, 0.6) is 0 Å². The Morgan fingerprint density at radius 3 is 0.944 bits per heavy atom. The monoisotopic (exact) mass is 323 g/mol. The number of hydrogen-bond donors (Lipinski definition) is 2. The summed E-state index contributed by atoms with van der Waals surface area (Å²) in [5, 5.41) is 0. The van der Waals surface area contributed by atoms with Crippen LogP contribution in [0.3, 0.4) is 0 Å². The van der Waals surface area contributed by atoms with E-state index in [0.29, 0.717) is 0 Å². The molecule has 0 saturated heterocycles. The fourth-order valence-electron chi connectivity index (χ4n) is 0. The number of rotatable bonds is 0. The summed E-state index contributed by atoms with van der Waals surface area (Å²) in [5.41, 5.74) is -11.2. The standard InChI is InChI=1S/2CHF3O3S.Li.H3N/c2*2-1(3,4)8(5,6)7;;/h2*(H,5,6,7);;1H3/q;;+1;/p-1. The fourth-order valence-corrected chi connectivity index (χ4v) is 0. The quantitative estimate of drug-likeness (QED) is 0.219. The van der Waals surface area contributed by atoms with Crippen LogP contribution in [0.15, 0.2) is 0 Å². The molecule has 0 amide bonds. The van der Waals surface area contributed by atoms with Crippen LogP contribution in [0, 0.1) is 0 Å². The summed E-state index contributed by atoms with van der Waals surface area (Å²) < 4.78 is 116. The summed E-state index contributed by atoms with van der Waals surface area (Å²) in [6.45, 7) is 0. The first-order valence-electron chi connectivity index (χ1n) is 2.56. The molecule has 4 N–H and O–H groups in total. The van der Waals surface area contributed by atoms with E-state index in [-0.39, 0.29) is 25.0 Å². The molecule has 0 saturated carbocycles. The minimum Gasteiger partial charge on any atom is -0.741 e. The van der Waals surface area contributed by atoms with E-state index in [9.17, 15) is 26.3 Å². The van der Waals surface area contributed by atoms with Crippen molar-refractivity contribution >= 4 is 20.2 Å². The van der Waals surface area contributed by atoms with Crippen molar-refractivity contribution in [3.63, 3.8) is 0 Å². The van der Waals surface area contributed by atoms with Gasteiger partial charge in [0, 0.05) is 0 Å². The maximum atomic E-state index is 10.7. The van der Waals surface area contributed by atoms with Gasteiger partial charge in [0.2, 0.25) is 0 Å². The van der Waals surface area contributed by atoms with E-state index >= 15 is 0 Å². The molecule has 108 valence electrons. The average molecular weight is 323 g/mol. The van der Waals surface area contributed by atoms with Gasteiger partial charge in [0.25, 0.3) is 0 Å². The number of alkyl halides is 6. The van der Waals surface area contributed by atoms with Crippen LogP contribution in [0.25, 0.3) is 0 Å². The fraction of sp³-hybridized carbons (Fsp3) is 1.00. The first kappa shape index (κ1) is 26.5. The Hall–Kier alpha value is -0.0426. The van der Waals surface area contributed by atoms with Crippen molar-refractivity contribution in [2.75, 3.05) is 0 Å². The van der Waals surface area contributed by atoms with E-state index in [1.165, 1.54) is 0 Å². The van der Waals surface area contributed by atoms with Gasteiger partial charge in [-0.3, -0.25) is 4.55 Å². The van der Waals surface area contributed by atoms with E-state index in [2.05, 4.69) is 0 Å². The van der Waals surface area contributed by atoms with Gasteiger partial charge in [-0.2, -0.15) is 34.8 Å². The van der Waals surface area contributed by atoms with Crippen LogP contribution in [0.2, 0.25) is 0 Å². The first-order chi connectivity index (χ1) is 6.50. The molecule has 16 heteroatoms. The molecular formula is C2H4F6LiNO6S2. The van der Waals surface area contributed by atoms with E-state index < -0.39 is 31.3 Å². The zero-order valence-corrected chi connectivity index (χ0v) is 9.91. The molecule has 0 unspecified atom stereocenters. The van der Waals surface area contributed by atoms with Gasteiger partial charge in [-0.05, 0) is 0 Å². The molecule has 0 aliphatic carbocycles. The van der Waals surface area contributed by atoms with Crippen molar-refractivity contribution < 1.29 is 71.1 Å². The predicted molar refractivity (Wildman–Crippen MR) is 38.4 cm³/mol. The van der Waals surface area contributed by atoms with Gasteiger partial charge in [0.05, 0.1) is 0 Å². The van der Waals surface area contributed by atoms with E-state index in [1.807, 2.05) is 0 Å². The maximum Gasteiger partial charge on any atom is 1.00 e. The average Bonchev–Trinajstić information content (AvgIpc) is 1.77. The third-order valence-corrected chi connectivity index (χ3v) is 1.73. The molecule has 0 radical (unpaired) electrons. The summed E-state index contributed by atoms with van der Waals surface area (Å²) in [7, 11) is -11.9. The molecule has 0 rings (SSSR count). The Labute approximate surface area is 109 Å². The van der Waals surface area contributed by atoms with Crippen LogP contribution in [-0.2, 0) is 20.2 Å². The third kappa shape index (κ3) is 11.1. The molecule has 0 aromatic heterocycles. The Balaban J connectivity index is -0.0000000980. The molecule has 0 heterocycles. The van der Waals surface area contributed by atoms with E-state index in [0.717, 1.165) is 0 Å². The van der Waals surface area contributed by atoms with E-state index in [4.69, 9.17) is 25.9 Å². The van der Waals surface area contributed by atoms with Gasteiger partial charge in [-0.25, -0.2) is 8.42 Å². The summed E-state index contributed by atoms with van der Waals surface area (Å²) in [4.78, 5) is 0. The van der Waals surface area contributed by atoms with Crippen LogP contribution < -0.4 is 25.0 Å². The van der Waals surface area contributed by atoms with Crippen molar-refractivity contribution in [3.8, 4) is 0 Å². The summed E-state index contributed by atoms with van der Waals surface area (Å²) in [6, 6.07) is 0. The van der Waals surface area contributed by atoms with E-state index in [1.54, 1.807) is 0 Å². The van der Waals surface area contributed by atoms with Gasteiger partial charge in [-0.1, -0.05) is 0 Å². The summed E-state index contributed by atoms with van der Waals surface area (Å²) in [6.07, 6.45) is 0. The largest absolute Gasteiger partial charge is 1.00 e. The SMILES string of the molecule is N.O=S(=O)(O)C(F)(F)F.O=S(=O)([O-])C(F)(F)F.[Li+]. The topological polar surface area (TPSA) is 147 Å². The first-order valence-corrected chi connectivity index (χ1v) is 5.41. The molecule has 0 aromatic rings. The van der Waals surface area contributed by atoms with Crippen molar-refractivity contribution in [1.29, 1.82) is 0 Å². The molecule has 7 nitrogen and oxygen atoms in total. The Morgan fingerprint density at radius 1 is 0.833 bits per heavy atom. The van der Waals surface area contributed by atoms with Gasteiger partial charge in [-0.15, -0.1) is 0 Å². The summed E-state index contributed by atoms with van der Waals surface area (Å²) >= 11 is 0. The van der Waals surface area contributed by atoms with Gasteiger partial charge >= 0.3 is 40.0 Å². The minimum absolute atomic E-state index is 0. The van der Waals surface area contributed by atoms with Gasteiger partial charge in [0.15, 0.2) is 10.1 Å². The second kappa shape index (κ2) is 7.52. The number of halogens is 6. The maximum absolute atomic E-state index is 10.7. The molecule has 0 bridgehead atoms. The van der Waals surface area contributed by atoms with Crippen LogP contribution >= 0.6 is 0 Å². The van der Waals surface area contributed by atoms with Gasteiger partial charge in [0.1, 0.15) is 0 Å². The molecular weight excluding hydrogens is 319 g/mol. The predicted octanol–water partition coefficient (Wildman–Crippen LogP) is -2.39. The summed E-state index contributed by atoms with van der Waals surface area (Å²) in [5.74, 6) is 0. The number of hydrogen-bond acceptors (Lipinski definition) is 6. The van der Waals surface area contributed by atoms with Crippen LogP contribution in [0.4, 0.5) is 26.3 Å². The minimum atomic E-state index is -6.09. The van der Waals surface area contributed by atoms with Crippen molar-refractivity contribution in [1.82, 2.24) is 6.15 Å². The van der Waals surface area contributed by atoms with Crippen molar-refractivity contribution in [3.05, 3.63) is 0 Å².